The quantitative estimate of drug-likeness (QED) is 0.682. The Morgan fingerprint density at radius 1 is 1.21 bits per heavy atom. The van der Waals surface area contributed by atoms with Gasteiger partial charge in [-0.1, -0.05) is 6.07 Å². The summed E-state index contributed by atoms with van der Waals surface area (Å²) in [7, 11) is 1.65. The van der Waals surface area contributed by atoms with Crippen LogP contribution in [0.4, 0.5) is 0 Å². The van der Waals surface area contributed by atoms with Crippen molar-refractivity contribution in [2.45, 2.75) is 18.4 Å². The van der Waals surface area contributed by atoms with Crippen LogP contribution in [0.3, 0.4) is 0 Å². The summed E-state index contributed by atoms with van der Waals surface area (Å²) < 4.78 is 11.2. The minimum absolute atomic E-state index is 0. The summed E-state index contributed by atoms with van der Waals surface area (Å²) in [6.07, 6.45) is 0.842. The molecule has 1 fully saturated rings. The minimum Gasteiger partial charge on any atom is -0.493 e. The average molecular weight is 378 g/mol. The molecule has 3 N–H and O–H groups in total. The Labute approximate surface area is 154 Å². The molecule has 0 aliphatic carbocycles. The number of hydrogen-bond acceptors (Lipinski definition) is 5. The van der Waals surface area contributed by atoms with Gasteiger partial charge < -0.3 is 25.4 Å². The molecule has 2 aliphatic heterocycles. The summed E-state index contributed by atoms with van der Waals surface area (Å²) in [6, 6.07) is 6.15. The van der Waals surface area contributed by atoms with Gasteiger partial charge in [-0.15, -0.1) is 24.8 Å². The van der Waals surface area contributed by atoms with Crippen molar-refractivity contribution in [3.8, 4) is 11.5 Å². The van der Waals surface area contributed by atoms with E-state index < -0.39 is 0 Å². The molecule has 24 heavy (non-hydrogen) atoms. The molecule has 3 rings (SSSR count). The highest BCUT2D eigenvalue weighted by Crippen LogP contribution is 2.33. The van der Waals surface area contributed by atoms with Crippen LogP contribution in [0, 0.1) is 0 Å². The number of fused-ring (bicyclic) bond motifs is 4. The molecule has 0 radical (unpaired) electrons. The smallest absolute Gasteiger partial charge is 0.234 e. The summed E-state index contributed by atoms with van der Waals surface area (Å²) in [5.74, 6) is 1.82. The molecule has 6 nitrogen and oxygen atoms in total. The summed E-state index contributed by atoms with van der Waals surface area (Å²) in [5.41, 5.74) is 1.17. The zero-order valence-corrected chi connectivity index (χ0v) is 15.3. The fourth-order valence-corrected chi connectivity index (χ4v) is 3.06. The normalized spacial score (nSPS) is 23.6. The largest absolute Gasteiger partial charge is 0.493 e. The van der Waals surface area contributed by atoms with Crippen LogP contribution in [-0.2, 0) is 4.79 Å². The lowest BCUT2D eigenvalue weighted by Gasteiger charge is -2.21. The van der Waals surface area contributed by atoms with Crippen LogP contribution in [0.25, 0.3) is 0 Å². The molecule has 2 atom stereocenters. The standard InChI is InChI=1S/C16H23N3O3.2ClH/c1-21-14-4-3-11-7-15(14)22-6-2-5-17-10-16(20)19-13-9-18-8-12(11)13;;/h3-4,7,12-13,17-18H,2,5-6,8-10H2,1H3,(H,19,20);2*1H/t12-,13+;;/m1../s1. The van der Waals surface area contributed by atoms with Crippen LogP contribution in [0.1, 0.15) is 17.9 Å². The third kappa shape index (κ3) is 4.89. The molecular formula is C16H25Cl2N3O3. The molecule has 136 valence electrons. The second-order valence-corrected chi connectivity index (χ2v) is 5.73. The molecule has 0 saturated carbocycles. The zero-order chi connectivity index (χ0) is 15.4. The molecule has 2 heterocycles. The highest BCUT2D eigenvalue weighted by Gasteiger charge is 2.30. The van der Waals surface area contributed by atoms with E-state index >= 15 is 0 Å². The first kappa shape index (κ1) is 20.8. The van der Waals surface area contributed by atoms with Gasteiger partial charge in [0.15, 0.2) is 11.5 Å². The van der Waals surface area contributed by atoms with Crippen LogP contribution in [0.15, 0.2) is 18.2 Å². The predicted molar refractivity (Wildman–Crippen MR) is 98.0 cm³/mol. The van der Waals surface area contributed by atoms with Gasteiger partial charge in [-0.05, 0) is 30.7 Å². The van der Waals surface area contributed by atoms with Gasteiger partial charge in [-0.2, -0.15) is 0 Å². The molecule has 0 aromatic heterocycles. The van der Waals surface area contributed by atoms with Gasteiger partial charge in [0, 0.05) is 25.0 Å². The van der Waals surface area contributed by atoms with E-state index in [0.717, 1.165) is 37.6 Å². The maximum atomic E-state index is 12.0. The van der Waals surface area contributed by atoms with Crippen molar-refractivity contribution in [2.75, 3.05) is 39.9 Å². The first-order valence-corrected chi connectivity index (χ1v) is 7.79. The fourth-order valence-electron chi connectivity index (χ4n) is 3.06. The maximum Gasteiger partial charge on any atom is 0.234 e. The lowest BCUT2D eigenvalue weighted by molar-refractivity contribution is -0.120. The van der Waals surface area contributed by atoms with Crippen molar-refractivity contribution in [3.05, 3.63) is 23.8 Å². The molecule has 0 spiro atoms. The number of rotatable bonds is 1. The Balaban J connectivity index is 0.00000144. The van der Waals surface area contributed by atoms with E-state index in [-0.39, 0.29) is 42.7 Å². The number of carbonyl (C=O) groups excluding carboxylic acids is 1. The molecule has 8 heteroatoms. The minimum atomic E-state index is 0. The second-order valence-electron chi connectivity index (χ2n) is 5.73. The predicted octanol–water partition coefficient (Wildman–Crippen LogP) is 1.08. The van der Waals surface area contributed by atoms with Gasteiger partial charge in [-0.3, -0.25) is 4.79 Å². The van der Waals surface area contributed by atoms with E-state index in [2.05, 4.69) is 22.0 Å². The van der Waals surface area contributed by atoms with Crippen LogP contribution >= 0.6 is 24.8 Å². The Morgan fingerprint density at radius 2 is 2.04 bits per heavy atom. The lowest BCUT2D eigenvalue weighted by Crippen LogP contribution is -2.43. The topological polar surface area (TPSA) is 71.6 Å². The van der Waals surface area contributed by atoms with Crippen molar-refractivity contribution in [2.24, 2.45) is 0 Å². The van der Waals surface area contributed by atoms with Crippen molar-refractivity contribution >= 4 is 30.7 Å². The summed E-state index contributed by atoms with van der Waals surface area (Å²) in [6.45, 7) is 3.34. The number of nitrogens with one attached hydrogen (secondary N) is 3. The van der Waals surface area contributed by atoms with E-state index in [1.54, 1.807) is 7.11 Å². The van der Waals surface area contributed by atoms with Gasteiger partial charge in [-0.25, -0.2) is 0 Å². The molecule has 0 unspecified atom stereocenters. The number of halogens is 2. The van der Waals surface area contributed by atoms with Crippen molar-refractivity contribution in [1.29, 1.82) is 0 Å². The Morgan fingerprint density at radius 3 is 2.83 bits per heavy atom. The van der Waals surface area contributed by atoms with E-state index in [1.807, 2.05) is 12.1 Å². The molecule has 2 aliphatic rings. The highest BCUT2D eigenvalue weighted by atomic mass is 35.5. The number of ether oxygens (including phenoxy) is 2. The second kappa shape index (κ2) is 9.93. The molecule has 1 amide bonds. The van der Waals surface area contributed by atoms with Gasteiger partial charge in [0.1, 0.15) is 0 Å². The van der Waals surface area contributed by atoms with Gasteiger partial charge in [0.05, 0.1) is 20.3 Å². The molecule has 1 aromatic rings. The lowest BCUT2D eigenvalue weighted by atomic mass is 9.94. The maximum absolute atomic E-state index is 12.0. The molecule has 2 bridgehead atoms. The van der Waals surface area contributed by atoms with E-state index in [1.165, 1.54) is 5.56 Å². The van der Waals surface area contributed by atoms with Crippen LogP contribution in [0.2, 0.25) is 0 Å². The van der Waals surface area contributed by atoms with Gasteiger partial charge >= 0.3 is 0 Å². The first-order valence-electron chi connectivity index (χ1n) is 7.79. The number of hydrogen-bond donors (Lipinski definition) is 3. The third-order valence-corrected chi connectivity index (χ3v) is 4.22. The van der Waals surface area contributed by atoms with Crippen molar-refractivity contribution < 1.29 is 14.3 Å². The van der Waals surface area contributed by atoms with E-state index in [0.29, 0.717) is 13.2 Å². The van der Waals surface area contributed by atoms with Crippen LogP contribution in [-0.4, -0.2) is 51.8 Å². The van der Waals surface area contributed by atoms with Crippen LogP contribution < -0.4 is 25.4 Å². The monoisotopic (exact) mass is 377 g/mol. The average Bonchev–Trinajstić information content (AvgIpc) is 2.98. The first-order chi connectivity index (χ1) is 10.8. The number of benzene rings is 1. The van der Waals surface area contributed by atoms with Gasteiger partial charge in [0.25, 0.3) is 0 Å². The molecule has 1 aromatic carbocycles. The van der Waals surface area contributed by atoms with Gasteiger partial charge in [0.2, 0.25) is 5.91 Å². The summed E-state index contributed by atoms with van der Waals surface area (Å²) in [5, 5.41) is 9.62. The number of carbonyl (C=O) groups is 1. The van der Waals surface area contributed by atoms with Crippen molar-refractivity contribution in [3.63, 3.8) is 0 Å². The SMILES string of the molecule is COc1ccc2cc1OCCCNCC(=O)N[C@H]1CNC[C@H]21.Cl.Cl. The number of methoxy groups -OCH3 is 1. The summed E-state index contributed by atoms with van der Waals surface area (Å²) in [4.78, 5) is 12.0. The number of amides is 1. The third-order valence-electron chi connectivity index (χ3n) is 4.22. The molecule has 1 saturated heterocycles. The fraction of sp³-hybridized carbons (Fsp3) is 0.562. The van der Waals surface area contributed by atoms with Crippen molar-refractivity contribution in [1.82, 2.24) is 16.0 Å². The highest BCUT2D eigenvalue weighted by molar-refractivity contribution is 5.85. The van der Waals surface area contributed by atoms with E-state index in [4.69, 9.17) is 9.47 Å². The molecular weight excluding hydrogens is 353 g/mol. The zero-order valence-electron chi connectivity index (χ0n) is 13.7. The Bertz CT molecular complexity index is 545. The van der Waals surface area contributed by atoms with Crippen LogP contribution in [0.5, 0.6) is 11.5 Å². The van der Waals surface area contributed by atoms with E-state index in [9.17, 15) is 4.79 Å². The summed E-state index contributed by atoms with van der Waals surface area (Å²) >= 11 is 0. The Hall–Kier alpha value is -1.21. The Kier molecular flexibility index (Phi) is 8.62.